The molecule has 29 heavy (non-hydrogen) atoms. The molecule has 0 saturated heterocycles. The van der Waals surface area contributed by atoms with Crippen molar-refractivity contribution >= 4 is 28.4 Å². The van der Waals surface area contributed by atoms with Crippen molar-refractivity contribution in [2.75, 3.05) is 0 Å². The standard InChI is InChI=1S/C23H24ClN3O2/c1-15(16-7-6-8-18(24)13-16)25-22(28)17-10-11-19-20(14-17)26-21-9-4-2-3-5-12-27(21)23(19)29/h6-8,10-11,13-15H,2-5,9,12H2,1H3,(H,25,28). The third kappa shape index (κ3) is 4.20. The van der Waals surface area contributed by atoms with E-state index in [4.69, 9.17) is 16.6 Å². The van der Waals surface area contributed by atoms with Crippen LogP contribution in [0.25, 0.3) is 10.9 Å². The van der Waals surface area contributed by atoms with Crippen molar-refractivity contribution < 1.29 is 4.79 Å². The molecule has 1 aliphatic heterocycles. The number of aromatic nitrogens is 2. The van der Waals surface area contributed by atoms with Gasteiger partial charge in [0, 0.05) is 23.6 Å². The average molecular weight is 410 g/mol. The Labute approximate surface area is 174 Å². The Morgan fingerprint density at radius 3 is 2.79 bits per heavy atom. The second-order valence-corrected chi connectivity index (χ2v) is 8.07. The van der Waals surface area contributed by atoms with E-state index < -0.39 is 0 Å². The zero-order valence-electron chi connectivity index (χ0n) is 16.5. The van der Waals surface area contributed by atoms with Crippen molar-refractivity contribution in [3.05, 3.63) is 74.8 Å². The lowest BCUT2D eigenvalue weighted by Gasteiger charge is -2.17. The van der Waals surface area contributed by atoms with Crippen LogP contribution in [0.4, 0.5) is 0 Å². The summed E-state index contributed by atoms with van der Waals surface area (Å²) in [5.74, 6) is 0.625. The van der Waals surface area contributed by atoms with Gasteiger partial charge in [-0.25, -0.2) is 4.98 Å². The van der Waals surface area contributed by atoms with Gasteiger partial charge < -0.3 is 5.32 Å². The number of nitrogens with one attached hydrogen (secondary N) is 1. The Hall–Kier alpha value is -2.66. The van der Waals surface area contributed by atoms with Crippen LogP contribution in [0.15, 0.2) is 47.3 Å². The van der Waals surface area contributed by atoms with Gasteiger partial charge in [0.25, 0.3) is 11.5 Å². The molecule has 1 atom stereocenters. The van der Waals surface area contributed by atoms with Crippen LogP contribution >= 0.6 is 11.6 Å². The first-order chi connectivity index (χ1) is 14.0. The fourth-order valence-electron chi connectivity index (χ4n) is 3.88. The number of carbonyl (C=O) groups is 1. The summed E-state index contributed by atoms with van der Waals surface area (Å²) in [6, 6.07) is 12.4. The number of hydrogen-bond donors (Lipinski definition) is 1. The third-order valence-corrected chi connectivity index (χ3v) is 5.76. The van der Waals surface area contributed by atoms with E-state index in [1.807, 2.05) is 29.7 Å². The highest BCUT2D eigenvalue weighted by Gasteiger charge is 2.16. The summed E-state index contributed by atoms with van der Waals surface area (Å²) < 4.78 is 1.81. The first kappa shape index (κ1) is 19.6. The summed E-state index contributed by atoms with van der Waals surface area (Å²) >= 11 is 6.05. The number of hydrogen-bond acceptors (Lipinski definition) is 3. The zero-order chi connectivity index (χ0) is 20.4. The first-order valence-electron chi connectivity index (χ1n) is 10.1. The van der Waals surface area contributed by atoms with E-state index in [1.54, 1.807) is 24.3 Å². The Morgan fingerprint density at radius 2 is 1.97 bits per heavy atom. The number of fused-ring (bicyclic) bond motifs is 2. The van der Waals surface area contributed by atoms with Gasteiger partial charge in [-0.1, -0.05) is 36.6 Å². The number of rotatable bonds is 3. The minimum Gasteiger partial charge on any atom is -0.346 e. The molecule has 2 aromatic carbocycles. The van der Waals surface area contributed by atoms with Gasteiger partial charge in [0.1, 0.15) is 5.82 Å². The molecule has 1 amide bonds. The number of nitrogens with zero attached hydrogens (tertiary/aromatic N) is 2. The molecule has 0 radical (unpaired) electrons. The quantitative estimate of drug-likeness (QED) is 0.684. The molecule has 0 spiro atoms. The van der Waals surface area contributed by atoms with Gasteiger partial charge in [-0.05, 0) is 55.7 Å². The molecule has 150 valence electrons. The summed E-state index contributed by atoms with van der Waals surface area (Å²) in [6.45, 7) is 2.63. The van der Waals surface area contributed by atoms with Crippen LogP contribution in [0.2, 0.25) is 5.02 Å². The van der Waals surface area contributed by atoms with Crippen molar-refractivity contribution in [1.29, 1.82) is 0 Å². The van der Waals surface area contributed by atoms with Crippen LogP contribution in [0.5, 0.6) is 0 Å². The zero-order valence-corrected chi connectivity index (χ0v) is 17.2. The number of halogens is 1. The van der Waals surface area contributed by atoms with Crippen molar-refractivity contribution in [2.24, 2.45) is 0 Å². The lowest BCUT2D eigenvalue weighted by atomic mass is 10.1. The smallest absolute Gasteiger partial charge is 0.261 e. The predicted molar refractivity (Wildman–Crippen MR) is 116 cm³/mol. The largest absolute Gasteiger partial charge is 0.346 e. The Kier molecular flexibility index (Phi) is 5.67. The topological polar surface area (TPSA) is 64.0 Å². The van der Waals surface area contributed by atoms with E-state index in [-0.39, 0.29) is 17.5 Å². The van der Waals surface area contributed by atoms with Gasteiger partial charge in [-0.2, -0.15) is 0 Å². The van der Waals surface area contributed by atoms with Crippen molar-refractivity contribution in [3.63, 3.8) is 0 Å². The maximum Gasteiger partial charge on any atom is 0.261 e. The number of amides is 1. The lowest BCUT2D eigenvalue weighted by Crippen LogP contribution is -2.28. The van der Waals surface area contributed by atoms with E-state index in [1.165, 1.54) is 0 Å². The predicted octanol–water partition coefficient (Wildman–Crippen LogP) is 4.66. The Balaban J connectivity index is 1.63. The van der Waals surface area contributed by atoms with E-state index in [0.29, 0.717) is 21.5 Å². The molecule has 0 saturated carbocycles. The Bertz CT molecular complexity index is 1120. The highest BCUT2D eigenvalue weighted by atomic mass is 35.5. The molecule has 0 aliphatic carbocycles. The first-order valence-corrected chi connectivity index (χ1v) is 10.5. The molecule has 0 bridgehead atoms. The van der Waals surface area contributed by atoms with Gasteiger partial charge in [0.05, 0.1) is 16.9 Å². The maximum atomic E-state index is 12.9. The lowest BCUT2D eigenvalue weighted by molar-refractivity contribution is 0.0940. The van der Waals surface area contributed by atoms with Crippen molar-refractivity contribution in [3.8, 4) is 0 Å². The van der Waals surface area contributed by atoms with Crippen LogP contribution < -0.4 is 10.9 Å². The van der Waals surface area contributed by atoms with Crippen LogP contribution in [-0.4, -0.2) is 15.5 Å². The van der Waals surface area contributed by atoms with Gasteiger partial charge in [0.15, 0.2) is 0 Å². The number of aryl methyl sites for hydroxylation is 1. The molecule has 6 heteroatoms. The highest BCUT2D eigenvalue weighted by Crippen LogP contribution is 2.19. The molecule has 1 N–H and O–H groups in total. The van der Waals surface area contributed by atoms with Gasteiger partial charge in [-0.3, -0.25) is 14.2 Å². The number of benzene rings is 2. The minimum absolute atomic E-state index is 0.00819. The van der Waals surface area contributed by atoms with E-state index in [0.717, 1.165) is 50.0 Å². The molecule has 1 aliphatic rings. The van der Waals surface area contributed by atoms with Crippen LogP contribution in [0.1, 0.15) is 60.4 Å². The highest BCUT2D eigenvalue weighted by molar-refractivity contribution is 6.30. The fourth-order valence-corrected chi connectivity index (χ4v) is 4.07. The van der Waals surface area contributed by atoms with Crippen molar-refractivity contribution in [1.82, 2.24) is 14.9 Å². The Morgan fingerprint density at radius 1 is 1.14 bits per heavy atom. The van der Waals surface area contributed by atoms with E-state index in [2.05, 4.69) is 5.32 Å². The molecule has 1 unspecified atom stereocenters. The molecule has 2 heterocycles. The molecule has 3 aromatic rings. The molecule has 1 aromatic heterocycles. The van der Waals surface area contributed by atoms with Crippen LogP contribution in [0.3, 0.4) is 0 Å². The molecule has 4 rings (SSSR count). The monoisotopic (exact) mass is 409 g/mol. The summed E-state index contributed by atoms with van der Waals surface area (Å²) in [5.41, 5.74) is 2.01. The third-order valence-electron chi connectivity index (χ3n) is 5.52. The van der Waals surface area contributed by atoms with Crippen molar-refractivity contribution in [2.45, 2.75) is 51.6 Å². The summed E-state index contributed by atoms with van der Waals surface area (Å²) in [7, 11) is 0. The van der Waals surface area contributed by atoms with Gasteiger partial charge in [0.2, 0.25) is 0 Å². The second kappa shape index (κ2) is 8.37. The summed E-state index contributed by atoms with van der Waals surface area (Å²) in [4.78, 5) is 30.4. The summed E-state index contributed by atoms with van der Waals surface area (Å²) in [5, 5.41) is 4.19. The minimum atomic E-state index is -0.201. The van der Waals surface area contributed by atoms with Crippen LogP contribution in [-0.2, 0) is 13.0 Å². The van der Waals surface area contributed by atoms with E-state index >= 15 is 0 Å². The number of carbonyl (C=O) groups excluding carboxylic acids is 1. The molecular formula is C23H24ClN3O2. The average Bonchev–Trinajstić information content (AvgIpc) is 2.69. The summed E-state index contributed by atoms with van der Waals surface area (Å²) in [6.07, 6.45) is 5.15. The molecule has 0 fully saturated rings. The van der Waals surface area contributed by atoms with Gasteiger partial charge >= 0.3 is 0 Å². The van der Waals surface area contributed by atoms with E-state index in [9.17, 15) is 9.59 Å². The molecular weight excluding hydrogens is 386 g/mol. The second-order valence-electron chi connectivity index (χ2n) is 7.63. The normalized spacial score (nSPS) is 15.2. The SMILES string of the molecule is CC(NC(=O)c1ccc2c(=O)n3c(nc2c1)CCCCCC3)c1cccc(Cl)c1. The van der Waals surface area contributed by atoms with Gasteiger partial charge in [-0.15, -0.1) is 0 Å². The molecule has 5 nitrogen and oxygen atoms in total. The van der Waals surface area contributed by atoms with Crippen LogP contribution in [0, 0.1) is 0 Å². The fraction of sp³-hybridized carbons (Fsp3) is 0.348. The maximum absolute atomic E-state index is 12.9.